The molecule has 6 nitrogen and oxygen atoms in total. The quantitative estimate of drug-likeness (QED) is 0.817. The van der Waals surface area contributed by atoms with Crippen LogP contribution in [-0.4, -0.2) is 35.8 Å². The number of ether oxygens (including phenoxy) is 1. The molecule has 108 valence electrons. The molecule has 0 amide bonds. The van der Waals surface area contributed by atoms with E-state index in [0.29, 0.717) is 11.4 Å². The number of nitrogens with zero attached hydrogens (tertiary/aromatic N) is 3. The van der Waals surface area contributed by atoms with Gasteiger partial charge in [-0.2, -0.15) is 12.7 Å². The summed E-state index contributed by atoms with van der Waals surface area (Å²) < 4.78 is 32.3. The number of aromatic nitrogens is 2. The van der Waals surface area contributed by atoms with Gasteiger partial charge in [0.15, 0.2) is 0 Å². The van der Waals surface area contributed by atoms with Crippen molar-refractivity contribution < 1.29 is 13.2 Å². The molecule has 0 spiro atoms. The molecular weight excluding hydrogens is 346 g/mol. The SMILES string of the molecule is CN(C)S(=O)(=O)n1cnc(COc2ccccc2Br)c1. The summed E-state index contributed by atoms with van der Waals surface area (Å²) in [5, 5.41) is 0. The van der Waals surface area contributed by atoms with Gasteiger partial charge >= 0.3 is 10.2 Å². The number of hydrogen-bond donors (Lipinski definition) is 0. The van der Waals surface area contributed by atoms with Crippen LogP contribution in [0.2, 0.25) is 0 Å². The van der Waals surface area contributed by atoms with Gasteiger partial charge in [0.2, 0.25) is 0 Å². The summed E-state index contributed by atoms with van der Waals surface area (Å²) >= 11 is 3.37. The Morgan fingerprint density at radius 3 is 2.70 bits per heavy atom. The number of para-hydroxylation sites is 1. The Hall–Kier alpha value is -1.38. The maximum atomic E-state index is 11.9. The highest BCUT2D eigenvalue weighted by molar-refractivity contribution is 9.10. The second kappa shape index (κ2) is 5.94. The van der Waals surface area contributed by atoms with Crippen molar-refractivity contribution in [2.24, 2.45) is 0 Å². The maximum absolute atomic E-state index is 11.9. The van der Waals surface area contributed by atoms with Crippen LogP contribution in [0.1, 0.15) is 5.69 Å². The average molecular weight is 360 g/mol. The second-order valence-corrected chi connectivity index (χ2v) is 7.11. The predicted molar refractivity (Wildman–Crippen MR) is 78.7 cm³/mol. The highest BCUT2D eigenvalue weighted by Crippen LogP contribution is 2.24. The molecule has 0 fully saturated rings. The summed E-state index contributed by atoms with van der Waals surface area (Å²) in [5.74, 6) is 0.678. The van der Waals surface area contributed by atoms with Crippen LogP contribution in [-0.2, 0) is 16.8 Å². The summed E-state index contributed by atoms with van der Waals surface area (Å²) in [6, 6.07) is 7.42. The van der Waals surface area contributed by atoms with Crippen molar-refractivity contribution in [3.05, 3.63) is 47.0 Å². The van der Waals surface area contributed by atoms with Crippen LogP contribution in [0.4, 0.5) is 0 Å². The number of benzene rings is 1. The van der Waals surface area contributed by atoms with Crippen molar-refractivity contribution in [2.45, 2.75) is 6.61 Å². The summed E-state index contributed by atoms with van der Waals surface area (Å²) in [5.41, 5.74) is 0.533. The lowest BCUT2D eigenvalue weighted by Crippen LogP contribution is -2.27. The molecule has 0 aliphatic rings. The third-order valence-electron chi connectivity index (χ3n) is 2.55. The minimum atomic E-state index is -3.52. The first-order valence-electron chi connectivity index (χ1n) is 5.74. The van der Waals surface area contributed by atoms with E-state index in [9.17, 15) is 8.42 Å². The monoisotopic (exact) mass is 359 g/mol. The van der Waals surface area contributed by atoms with Crippen molar-refractivity contribution in [2.75, 3.05) is 14.1 Å². The van der Waals surface area contributed by atoms with Gasteiger partial charge in [-0.05, 0) is 28.1 Å². The zero-order valence-electron chi connectivity index (χ0n) is 11.0. The van der Waals surface area contributed by atoms with E-state index in [0.717, 1.165) is 12.8 Å². The highest BCUT2D eigenvalue weighted by Gasteiger charge is 2.16. The Kier molecular flexibility index (Phi) is 4.46. The number of imidazole rings is 1. The number of halogens is 1. The van der Waals surface area contributed by atoms with Crippen LogP contribution in [0.5, 0.6) is 5.75 Å². The fourth-order valence-corrected chi connectivity index (χ4v) is 2.64. The summed E-state index contributed by atoms with van der Waals surface area (Å²) in [4.78, 5) is 4.03. The maximum Gasteiger partial charge on any atom is 0.308 e. The lowest BCUT2D eigenvalue weighted by molar-refractivity contribution is 0.300. The van der Waals surface area contributed by atoms with Crippen LogP contribution in [0.3, 0.4) is 0 Å². The van der Waals surface area contributed by atoms with Crippen molar-refractivity contribution in [1.82, 2.24) is 13.3 Å². The fraction of sp³-hybridized carbons (Fsp3) is 0.250. The van der Waals surface area contributed by atoms with Gasteiger partial charge in [-0.3, -0.25) is 0 Å². The minimum Gasteiger partial charge on any atom is -0.486 e. The fourth-order valence-electron chi connectivity index (χ4n) is 1.45. The minimum absolute atomic E-state index is 0.193. The molecule has 0 aliphatic heterocycles. The van der Waals surface area contributed by atoms with Gasteiger partial charge < -0.3 is 4.74 Å². The van der Waals surface area contributed by atoms with Crippen LogP contribution >= 0.6 is 15.9 Å². The Bertz CT molecular complexity index is 697. The van der Waals surface area contributed by atoms with E-state index in [4.69, 9.17) is 4.74 Å². The Morgan fingerprint density at radius 2 is 2.05 bits per heavy atom. The van der Waals surface area contributed by atoms with E-state index in [1.165, 1.54) is 26.6 Å². The summed E-state index contributed by atoms with van der Waals surface area (Å²) in [6.45, 7) is 0.193. The molecule has 2 rings (SSSR count). The highest BCUT2D eigenvalue weighted by atomic mass is 79.9. The molecule has 8 heteroatoms. The predicted octanol–water partition coefficient (Wildman–Crippen LogP) is 1.88. The zero-order valence-corrected chi connectivity index (χ0v) is 13.4. The van der Waals surface area contributed by atoms with Gasteiger partial charge in [-0.15, -0.1) is 0 Å². The Morgan fingerprint density at radius 1 is 1.35 bits per heavy atom. The lowest BCUT2D eigenvalue weighted by Gasteiger charge is -2.10. The van der Waals surface area contributed by atoms with E-state index in [1.54, 1.807) is 0 Å². The van der Waals surface area contributed by atoms with E-state index in [-0.39, 0.29) is 6.61 Å². The first kappa shape index (κ1) is 15.0. The smallest absolute Gasteiger partial charge is 0.308 e. The molecule has 2 aromatic rings. The molecule has 0 aliphatic carbocycles. The topological polar surface area (TPSA) is 64.4 Å². The molecular formula is C12H14BrN3O3S. The zero-order chi connectivity index (χ0) is 14.8. The van der Waals surface area contributed by atoms with Crippen molar-refractivity contribution in [3.8, 4) is 5.75 Å². The third kappa shape index (κ3) is 3.20. The molecule has 0 atom stereocenters. The third-order valence-corrected chi connectivity index (χ3v) is 4.86. The van der Waals surface area contributed by atoms with Crippen LogP contribution in [0.25, 0.3) is 0 Å². The molecule has 1 aromatic heterocycles. The summed E-state index contributed by atoms with van der Waals surface area (Å²) in [6.07, 6.45) is 2.69. The van der Waals surface area contributed by atoms with Gasteiger partial charge in [0.1, 0.15) is 18.7 Å². The van der Waals surface area contributed by atoms with Gasteiger partial charge in [-0.25, -0.2) is 8.96 Å². The first-order chi connectivity index (χ1) is 9.41. The molecule has 0 bridgehead atoms. The molecule has 1 heterocycles. The van der Waals surface area contributed by atoms with Crippen molar-refractivity contribution in [3.63, 3.8) is 0 Å². The van der Waals surface area contributed by atoms with E-state index < -0.39 is 10.2 Å². The number of hydrogen-bond acceptors (Lipinski definition) is 4. The molecule has 0 N–H and O–H groups in total. The second-order valence-electron chi connectivity index (χ2n) is 4.20. The van der Waals surface area contributed by atoms with E-state index in [1.807, 2.05) is 24.3 Å². The van der Waals surface area contributed by atoms with Gasteiger partial charge in [0.25, 0.3) is 0 Å². The Labute approximate surface area is 126 Å². The van der Waals surface area contributed by atoms with Crippen LogP contribution in [0.15, 0.2) is 41.3 Å². The van der Waals surface area contributed by atoms with Crippen LogP contribution < -0.4 is 4.74 Å². The summed E-state index contributed by atoms with van der Waals surface area (Å²) in [7, 11) is -0.595. The van der Waals surface area contributed by atoms with Gasteiger partial charge in [0, 0.05) is 20.3 Å². The molecule has 0 saturated carbocycles. The Balaban J connectivity index is 2.10. The average Bonchev–Trinajstić information content (AvgIpc) is 2.87. The van der Waals surface area contributed by atoms with Crippen LogP contribution in [0, 0.1) is 0 Å². The molecule has 1 aromatic carbocycles. The lowest BCUT2D eigenvalue weighted by atomic mass is 10.3. The molecule has 0 radical (unpaired) electrons. The normalized spacial score (nSPS) is 11.8. The van der Waals surface area contributed by atoms with E-state index >= 15 is 0 Å². The largest absolute Gasteiger partial charge is 0.486 e. The molecule has 20 heavy (non-hydrogen) atoms. The first-order valence-corrected chi connectivity index (χ1v) is 7.93. The van der Waals surface area contributed by atoms with Crippen molar-refractivity contribution >= 4 is 26.1 Å². The molecule has 0 unspecified atom stereocenters. The number of rotatable bonds is 5. The van der Waals surface area contributed by atoms with Crippen molar-refractivity contribution in [1.29, 1.82) is 0 Å². The standard InChI is InChI=1S/C12H14BrN3O3S/c1-15(2)20(17,18)16-7-10(14-9-16)8-19-12-6-4-3-5-11(12)13/h3-7,9H,8H2,1-2H3. The van der Waals surface area contributed by atoms with E-state index in [2.05, 4.69) is 20.9 Å². The molecule has 0 saturated heterocycles. The van der Waals surface area contributed by atoms with Gasteiger partial charge in [0.05, 0.1) is 10.2 Å². The van der Waals surface area contributed by atoms with Gasteiger partial charge in [-0.1, -0.05) is 12.1 Å².